The van der Waals surface area contributed by atoms with Gasteiger partial charge in [-0.25, -0.2) is 0 Å². The van der Waals surface area contributed by atoms with Crippen molar-refractivity contribution in [1.29, 1.82) is 0 Å². The van der Waals surface area contributed by atoms with Crippen LogP contribution in [-0.2, 0) is 19.1 Å². The Kier molecular flexibility index (Phi) is 5.87. The normalized spacial score (nSPS) is 26.4. The third kappa shape index (κ3) is 4.11. The van der Waals surface area contributed by atoms with E-state index in [-0.39, 0.29) is 11.7 Å². The topological polar surface area (TPSA) is 52.6 Å². The van der Waals surface area contributed by atoms with Crippen molar-refractivity contribution in [3.8, 4) is 0 Å². The van der Waals surface area contributed by atoms with Crippen molar-refractivity contribution in [2.75, 3.05) is 7.11 Å². The number of rotatable bonds is 5. The predicted molar refractivity (Wildman–Crippen MR) is 109 cm³/mol. The zero-order valence-electron chi connectivity index (χ0n) is 17.0. The van der Waals surface area contributed by atoms with E-state index in [1.165, 1.54) is 12.7 Å². The molecule has 0 bridgehead atoms. The summed E-state index contributed by atoms with van der Waals surface area (Å²) in [5.74, 6) is -1.15. The monoisotopic (exact) mass is 380 g/mol. The van der Waals surface area contributed by atoms with E-state index in [0.29, 0.717) is 17.8 Å². The van der Waals surface area contributed by atoms with Crippen LogP contribution < -0.4 is 0 Å². The maximum atomic E-state index is 13.2. The number of ether oxygens (including phenoxy) is 2. The van der Waals surface area contributed by atoms with Gasteiger partial charge in [-0.15, -0.1) is 0 Å². The lowest BCUT2D eigenvalue weighted by Gasteiger charge is -2.38. The first kappa shape index (κ1) is 20.1. The van der Waals surface area contributed by atoms with E-state index in [4.69, 9.17) is 9.47 Å². The van der Waals surface area contributed by atoms with Crippen LogP contribution in [0.2, 0.25) is 0 Å². The molecule has 3 rings (SSSR count). The van der Waals surface area contributed by atoms with Crippen molar-refractivity contribution in [2.45, 2.75) is 51.6 Å². The van der Waals surface area contributed by atoms with E-state index >= 15 is 0 Å². The fourth-order valence-electron chi connectivity index (χ4n) is 3.95. The lowest BCUT2D eigenvalue weighted by Crippen LogP contribution is -2.40. The van der Waals surface area contributed by atoms with Gasteiger partial charge in [-0.05, 0) is 51.3 Å². The average molecular weight is 380 g/mol. The molecular formula is C24H28O4. The number of ketones is 1. The molecule has 3 atom stereocenters. The first-order valence-electron chi connectivity index (χ1n) is 9.76. The van der Waals surface area contributed by atoms with Crippen molar-refractivity contribution in [3.05, 3.63) is 71.0 Å². The van der Waals surface area contributed by atoms with Crippen LogP contribution >= 0.6 is 0 Å². The van der Waals surface area contributed by atoms with Gasteiger partial charge in [-0.3, -0.25) is 9.59 Å². The first-order chi connectivity index (χ1) is 13.3. The lowest BCUT2D eigenvalue weighted by molar-refractivity contribution is -0.150. The van der Waals surface area contributed by atoms with Crippen LogP contribution in [0.4, 0.5) is 0 Å². The largest absolute Gasteiger partial charge is 0.487 e. The van der Waals surface area contributed by atoms with Gasteiger partial charge >= 0.3 is 5.97 Å². The Bertz CT molecular complexity index is 843. The van der Waals surface area contributed by atoms with Crippen LogP contribution in [0.1, 0.15) is 51.5 Å². The summed E-state index contributed by atoms with van der Waals surface area (Å²) in [6, 6.07) is 9.66. The molecule has 1 aromatic carbocycles. The van der Waals surface area contributed by atoms with Crippen molar-refractivity contribution >= 4 is 11.8 Å². The number of hydrogen-bond donors (Lipinski definition) is 0. The highest BCUT2D eigenvalue weighted by Crippen LogP contribution is 2.44. The number of carbonyl (C=O) groups excluding carboxylic acids is 2. The molecule has 0 aromatic heterocycles. The second-order valence-electron chi connectivity index (χ2n) is 7.99. The fraction of sp³-hybridized carbons (Fsp3) is 0.417. The highest BCUT2D eigenvalue weighted by Gasteiger charge is 2.45. The molecule has 3 unspecified atom stereocenters. The molecule has 4 heteroatoms. The molecule has 1 aliphatic carbocycles. The molecule has 0 saturated heterocycles. The second-order valence-corrected chi connectivity index (χ2v) is 7.99. The van der Waals surface area contributed by atoms with E-state index in [1.807, 2.05) is 49.4 Å². The van der Waals surface area contributed by atoms with E-state index in [0.717, 1.165) is 18.4 Å². The number of hydrogen-bond acceptors (Lipinski definition) is 4. The smallest absolute Gasteiger partial charge is 0.317 e. The Labute approximate surface area is 166 Å². The summed E-state index contributed by atoms with van der Waals surface area (Å²) < 4.78 is 11.3. The predicted octanol–water partition coefficient (Wildman–Crippen LogP) is 4.88. The van der Waals surface area contributed by atoms with Crippen LogP contribution in [0.5, 0.6) is 0 Å². The van der Waals surface area contributed by atoms with Gasteiger partial charge in [0.05, 0.1) is 12.7 Å². The summed E-state index contributed by atoms with van der Waals surface area (Å²) >= 11 is 0. The Hall–Kier alpha value is -2.62. The lowest BCUT2D eigenvalue weighted by atomic mass is 9.73. The number of methoxy groups -OCH3 is 1. The molecular weight excluding hydrogens is 352 g/mol. The summed E-state index contributed by atoms with van der Waals surface area (Å²) in [6.45, 7) is 6.20. The molecule has 0 fully saturated rings. The van der Waals surface area contributed by atoms with Crippen LogP contribution in [0.3, 0.4) is 0 Å². The van der Waals surface area contributed by atoms with Gasteiger partial charge in [0.25, 0.3) is 0 Å². The second kappa shape index (κ2) is 8.17. The molecule has 0 spiro atoms. The van der Waals surface area contributed by atoms with E-state index in [2.05, 4.69) is 19.9 Å². The summed E-state index contributed by atoms with van der Waals surface area (Å²) in [7, 11) is 1.33. The van der Waals surface area contributed by atoms with E-state index < -0.39 is 17.5 Å². The molecule has 0 N–H and O–H groups in total. The average Bonchev–Trinajstić information content (AvgIpc) is 2.67. The van der Waals surface area contributed by atoms with Gasteiger partial charge in [0.15, 0.2) is 5.78 Å². The molecule has 1 aromatic rings. The van der Waals surface area contributed by atoms with Crippen LogP contribution in [0.25, 0.3) is 0 Å². The quantitative estimate of drug-likeness (QED) is 0.415. The Balaban J connectivity index is 1.91. The van der Waals surface area contributed by atoms with Gasteiger partial charge in [0.1, 0.15) is 17.3 Å². The van der Waals surface area contributed by atoms with Gasteiger partial charge in [-0.2, -0.15) is 0 Å². The maximum absolute atomic E-state index is 13.2. The van der Waals surface area contributed by atoms with Crippen LogP contribution in [0.15, 0.2) is 65.5 Å². The third-order valence-corrected chi connectivity index (χ3v) is 5.49. The van der Waals surface area contributed by atoms with Gasteiger partial charge in [-0.1, -0.05) is 42.0 Å². The summed E-state index contributed by atoms with van der Waals surface area (Å²) in [5, 5.41) is 0. The summed E-state index contributed by atoms with van der Waals surface area (Å²) in [5.41, 5.74) is 2.27. The molecule has 148 valence electrons. The van der Waals surface area contributed by atoms with E-state index in [1.54, 1.807) is 0 Å². The highest BCUT2D eigenvalue weighted by atomic mass is 16.5. The van der Waals surface area contributed by atoms with Crippen molar-refractivity contribution in [2.24, 2.45) is 5.92 Å². The number of carbonyl (C=O) groups is 2. The molecule has 2 aliphatic rings. The number of benzene rings is 1. The number of allylic oxidation sites excluding steroid dienone is 5. The van der Waals surface area contributed by atoms with Crippen LogP contribution in [-0.4, -0.2) is 24.5 Å². The number of Topliss-reactive ketones (excluding diaryl/α,β-unsaturated/α-hetero) is 1. The van der Waals surface area contributed by atoms with Gasteiger partial charge < -0.3 is 9.47 Å². The maximum Gasteiger partial charge on any atom is 0.317 e. The molecule has 0 amide bonds. The zero-order valence-corrected chi connectivity index (χ0v) is 17.0. The Morgan fingerprint density at radius 1 is 1.29 bits per heavy atom. The fourth-order valence-corrected chi connectivity index (χ4v) is 3.95. The van der Waals surface area contributed by atoms with E-state index in [9.17, 15) is 9.59 Å². The van der Waals surface area contributed by atoms with Gasteiger partial charge in [0.2, 0.25) is 0 Å². The molecule has 0 radical (unpaired) electrons. The minimum atomic E-state index is -0.838. The third-order valence-electron chi connectivity index (χ3n) is 5.49. The Morgan fingerprint density at radius 2 is 2.00 bits per heavy atom. The standard InChI is InChI=1S/C24H28O4/c1-16(2)9-8-13-24(3)14-12-18-20(28-24)15-19(17-10-6-5-7-11-17)21(22(18)25)23(26)27-4/h5-7,9-12,14,19,21H,8,13,15H2,1-4H3. The first-order valence-corrected chi connectivity index (χ1v) is 9.76. The molecule has 4 nitrogen and oxygen atoms in total. The number of esters is 1. The minimum Gasteiger partial charge on any atom is -0.487 e. The molecule has 1 heterocycles. The van der Waals surface area contributed by atoms with Crippen LogP contribution in [0, 0.1) is 5.92 Å². The minimum absolute atomic E-state index is 0.218. The Morgan fingerprint density at radius 3 is 2.64 bits per heavy atom. The summed E-state index contributed by atoms with van der Waals surface area (Å²) in [6.07, 6.45) is 8.22. The summed E-state index contributed by atoms with van der Waals surface area (Å²) in [4.78, 5) is 25.6. The highest BCUT2D eigenvalue weighted by molar-refractivity contribution is 6.11. The SMILES string of the molecule is COC(=O)C1C(=O)C2=C(CC1c1ccccc1)OC(C)(CCC=C(C)C)C=C2. The zero-order chi connectivity index (χ0) is 20.3. The molecule has 28 heavy (non-hydrogen) atoms. The van der Waals surface area contributed by atoms with Gasteiger partial charge in [0, 0.05) is 12.3 Å². The van der Waals surface area contributed by atoms with Crippen molar-refractivity contribution < 1.29 is 19.1 Å². The molecule has 1 aliphatic heterocycles. The van der Waals surface area contributed by atoms with Crippen molar-refractivity contribution in [1.82, 2.24) is 0 Å². The molecule has 0 saturated carbocycles. The van der Waals surface area contributed by atoms with Crippen molar-refractivity contribution in [3.63, 3.8) is 0 Å².